The van der Waals surface area contributed by atoms with Gasteiger partial charge in [0.15, 0.2) is 11.6 Å². The number of nitrogens with one attached hydrogen (secondary N) is 2. The quantitative estimate of drug-likeness (QED) is 0.736. The topological polar surface area (TPSA) is 75.3 Å². The molecule has 1 amide bonds. The minimum atomic E-state index is -3.13. The van der Waals surface area contributed by atoms with Gasteiger partial charge in [-0.3, -0.25) is 4.79 Å². The van der Waals surface area contributed by atoms with Crippen LogP contribution in [-0.4, -0.2) is 45.5 Å². The second kappa shape index (κ2) is 8.41. The summed E-state index contributed by atoms with van der Waals surface area (Å²) in [5.74, 6) is -2.05. The zero-order valence-electron chi connectivity index (χ0n) is 15.1. The van der Waals surface area contributed by atoms with Crippen molar-refractivity contribution in [1.29, 1.82) is 0 Å². The van der Waals surface area contributed by atoms with Gasteiger partial charge in [0.2, 0.25) is 5.91 Å². The van der Waals surface area contributed by atoms with E-state index in [4.69, 9.17) is 0 Å². The van der Waals surface area contributed by atoms with Crippen molar-refractivity contribution in [2.75, 3.05) is 25.1 Å². The first kappa shape index (κ1) is 22.0. The fourth-order valence-electron chi connectivity index (χ4n) is 3.86. The average molecular weight is 423 g/mol. The third-order valence-corrected chi connectivity index (χ3v) is 6.40. The number of rotatable bonds is 6. The van der Waals surface area contributed by atoms with Crippen molar-refractivity contribution in [1.82, 2.24) is 10.6 Å². The molecule has 0 aromatic heterocycles. The van der Waals surface area contributed by atoms with E-state index in [1.807, 2.05) is 0 Å². The molecule has 152 valence electrons. The van der Waals surface area contributed by atoms with Gasteiger partial charge in [-0.2, -0.15) is 0 Å². The third-order valence-electron chi connectivity index (χ3n) is 5.26. The van der Waals surface area contributed by atoms with Gasteiger partial charge in [-0.05, 0) is 48.9 Å². The van der Waals surface area contributed by atoms with Crippen LogP contribution in [0.15, 0.2) is 18.2 Å². The van der Waals surface area contributed by atoms with Crippen molar-refractivity contribution in [2.24, 2.45) is 5.41 Å². The molecule has 2 atom stereocenters. The van der Waals surface area contributed by atoms with E-state index in [1.165, 1.54) is 12.3 Å². The van der Waals surface area contributed by atoms with E-state index in [9.17, 15) is 22.0 Å². The first-order chi connectivity index (χ1) is 12.2. The highest BCUT2D eigenvalue weighted by atomic mass is 35.5. The lowest BCUT2D eigenvalue weighted by atomic mass is 9.85. The Balaban J connectivity index is 0.00000261. The second-order valence-corrected chi connectivity index (χ2v) is 9.83. The Bertz CT molecular complexity index is 800. The van der Waals surface area contributed by atoms with Crippen LogP contribution >= 0.6 is 12.4 Å². The van der Waals surface area contributed by atoms with E-state index in [0.717, 1.165) is 25.5 Å². The van der Waals surface area contributed by atoms with Gasteiger partial charge in [0.05, 0.1) is 5.75 Å². The molecule has 2 N–H and O–H groups in total. The summed E-state index contributed by atoms with van der Waals surface area (Å²) in [6.45, 7) is 1.27. The molecule has 9 heteroatoms. The van der Waals surface area contributed by atoms with Crippen LogP contribution in [0.4, 0.5) is 8.78 Å². The first-order valence-corrected chi connectivity index (χ1v) is 10.9. The summed E-state index contributed by atoms with van der Waals surface area (Å²) in [6, 6.07) is 3.61. The van der Waals surface area contributed by atoms with Gasteiger partial charge < -0.3 is 10.6 Å². The molecule has 3 rings (SSSR count). The van der Waals surface area contributed by atoms with Crippen molar-refractivity contribution in [3.63, 3.8) is 0 Å². The number of sulfone groups is 1. The summed E-state index contributed by atoms with van der Waals surface area (Å²) in [5, 5.41) is 6.18. The zero-order valence-corrected chi connectivity index (χ0v) is 16.8. The molecule has 5 nitrogen and oxygen atoms in total. The zero-order chi connectivity index (χ0) is 18.9. The summed E-state index contributed by atoms with van der Waals surface area (Å²) in [4.78, 5) is 12.5. The van der Waals surface area contributed by atoms with Gasteiger partial charge >= 0.3 is 0 Å². The van der Waals surface area contributed by atoms with Gasteiger partial charge in [-0.25, -0.2) is 17.2 Å². The highest BCUT2D eigenvalue weighted by Crippen LogP contribution is 2.49. The first-order valence-electron chi connectivity index (χ1n) is 8.80. The number of hydrogen-bond acceptors (Lipinski definition) is 4. The van der Waals surface area contributed by atoms with E-state index in [-0.39, 0.29) is 42.4 Å². The fourth-order valence-corrected chi connectivity index (χ4v) is 5.36. The Labute approximate surface area is 164 Å². The highest BCUT2D eigenvalue weighted by molar-refractivity contribution is 7.90. The molecule has 2 unspecified atom stereocenters. The number of amides is 1. The Morgan fingerprint density at radius 3 is 2.59 bits per heavy atom. The van der Waals surface area contributed by atoms with E-state index in [2.05, 4.69) is 10.6 Å². The normalized spacial score (nSPS) is 24.0. The predicted octanol–water partition coefficient (Wildman–Crippen LogP) is 2.16. The van der Waals surface area contributed by atoms with E-state index in [0.29, 0.717) is 18.5 Å². The van der Waals surface area contributed by atoms with Crippen LogP contribution in [0.2, 0.25) is 0 Å². The number of benzene rings is 1. The largest absolute Gasteiger partial charge is 0.351 e. The van der Waals surface area contributed by atoms with E-state index >= 15 is 0 Å². The molecule has 1 saturated heterocycles. The lowest BCUT2D eigenvalue weighted by molar-refractivity contribution is -0.123. The molecule has 27 heavy (non-hydrogen) atoms. The Hall–Kier alpha value is -1.25. The maximum Gasteiger partial charge on any atom is 0.220 e. The van der Waals surface area contributed by atoms with E-state index in [1.54, 1.807) is 6.07 Å². The van der Waals surface area contributed by atoms with Crippen molar-refractivity contribution in [3.8, 4) is 0 Å². The second-order valence-electron chi connectivity index (χ2n) is 7.69. The van der Waals surface area contributed by atoms with Crippen molar-refractivity contribution < 1.29 is 22.0 Å². The molecule has 2 aliphatic rings. The van der Waals surface area contributed by atoms with Crippen LogP contribution in [0.25, 0.3) is 0 Å². The molecule has 1 aromatic carbocycles. The molecule has 1 saturated carbocycles. The standard InChI is InChI=1S/C18H24F2N2O3S.ClH/c1-26(24,25)11-18(5-6-18)9-17(23)22-16-10-21-7-4-13(16)12-2-3-14(19)15(20)8-12;/h2-3,8,13,16,21H,4-7,9-11H2,1H3,(H,22,23);1H. The van der Waals surface area contributed by atoms with Crippen molar-refractivity contribution >= 4 is 28.2 Å². The maximum absolute atomic E-state index is 13.6. The van der Waals surface area contributed by atoms with Crippen LogP contribution in [0.5, 0.6) is 0 Å². The number of halogens is 3. The van der Waals surface area contributed by atoms with Gasteiger partial charge in [-0.15, -0.1) is 12.4 Å². The lowest BCUT2D eigenvalue weighted by Crippen LogP contribution is -2.50. The molecule has 1 heterocycles. The van der Waals surface area contributed by atoms with Crippen LogP contribution in [0, 0.1) is 17.0 Å². The van der Waals surface area contributed by atoms with Crippen molar-refractivity contribution in [2.45, 2.75) is 37.6 Å². The Kier molecular flexibility index (Phi) is 6.86. The number of carbonyl (C=O) groups is 1. The summed E-state index contributed by atoms with van der Waals surface area (Å²) < 4.78 is 49.9. The molecule has 2 fully saturated rings. The molecule has 1 aliphatic carbocycles. The molecule has 1 aliphatic heterocycles. The lowest BCUT2D eigenvalue weighted by Gasteiger charge is -2.33. The average Bonchev–Trinajstić information content (AvgIpc) is 3.27. The Morgan fingerprint density at radius 2 is 2.00 bits per heavy atom. The monoisotopic (exact) mass is 422 g/mol. The minimum absolute atomic E-state index is 0. The SMILES string of the molecule is CS(=O)(=O)CC1(CC(=O)NC2CNCCC2c2ccc(F)c(F)c2)CC1.Cl. The van der Waals surface area contributed by atoms with Crippen LogP contribution < -0.4 is 10.6 Å². The van der Waals surface area contributed by atoms with Gasteiger partial charge in [0.25, 0.3) is 0 Å². The van der Waals surface area contributed by atoms with Gasteiger partial charge in [0, 0.05) is 31.2 Å². The third kappa shape index (κ3) is 5.86. The summed E-state index contributed by atoms with van der Waals surface area (Å²) in [6.07, 6.45) is 3.55. The number of piperidine rings is 1. The van der Waals surface area contributed by atoms with E-state index < -0.39 is 26.9 Å². The molecule has 0 radical (unpaired) electrons. The minimum Gasteiger partial charge on any atom is -0.351 e. The predicted molar refractivity (Wildman–Crippen MR) is 102 cm³/mol. The van der Waals surface area contributed by atoms with Crippen LogP contribution in [0.3, 0.4) is 0 Å². The molecule has 0 bridgehead atoms. The number of carbonyl (C=O) groups excluding carboxylic acids is 1. The fraction of sp³-hybridized carbons (Fsp3) is 0.611. The molecular formula is C18H25ClF2N2O3S. The van der Waals surface area contributed by atoms with Gasteiger partial charge in [0.1, 0.15) is 9.84 Å². The highest BCUT2D eigenvalue weighted by Gasteiger charge is 2.47. The van der Waals surface area contributed by atoms with Gasteiger partial charge in [-0.1, -0.05) is 6.07 Å². The van der Waals surface area contributed by atoms with Crippen LogP contribution in [-0.2, 0) is 14.6 Å². The summed E-state index contributed by atoms with van der Waals surface area (Å²) in [7, 11) is -3.13. The maximum atomic E-state index is 13.6. The number of hydrogen-bond donors (Lipinski definition) is 2. The molecule has 1 aromatic rings. The van der Waals surface area contributed by atoms with Crippen LogP contribution in [0.1, 0.15) is 37.2 Å². The molecular weight excluding hydrogens is 398 g/mol. The van der Waals surface area contributed by atoms with Crippen molar-refractivity contribution in [3.05, 3.63) is 35.4 Å². The summed E-state index contributed by atoms with van der Waals surface area (Å²) in [5.41, 5.74) is 0.227. The smallest absolute Gasteiger partial charge is 0.220 e. The summed E-state index contributed by atoms with van der Waals surface area (Å²) >= 11 is 0. The Morgan fingerprint density at radius 1 is 1.30 bits per heavy atom. The molecule has 0 spiro atoms.